The molecular weight excluding hydrogens is 386 g/mol. The molecule has 2 amide bonds. The maximum atomic E-state index is 12.2. The van der Waals surface area contributed by atoms with Gasteiger partial charge in [0.1, 0.15) is 6.54 Å². The lowest BCUT2D eigenvalue weighted by molar-refractivity contribution is -0.133. The first kappa shape index (κ1) is 21.0. The third kappa shape index (κ3) is 5.44. The second kappa shape index (κ2) is 9.69. The van der Waals surface area contributed by atoms with Gasteiger partial charge >= 0.3 is 5.97 Å². The van der Waals surface area contributed by atoms with Crippen molar-refractivity contribution < 1.29 is 23.9 Å². The smallest absolute Gasteiger partial charge is 0.308 e. The van der Waals surface area contributed by atoms with Crippen molar-refractivity contribution in [2.75, 3.05) is 20.2 Å². The lowest BCUT2D eigenvalue weighted by Crippen LogP contribution is -2.36. The maximum absolute atomic E-state index is 12.2. The minimum absolute atomic E-state index is 0.0474. The summed E-state index contributed by atoms with van der Waals surface area (Å²) < 4.78 is 10.2. The van der Waals surface area contributed by atoms with Gasteiger partial charge in [0.2, 0.25) is 5.91 Å². The van der Waals surface area contributed by atoms with Crippen molar-refractivity contribution in [1.82, 2.24) is 10.3 Å². The summed E-state index contributed by atoms with van der Waals surface area (Å²) in [5.41, 5.74) is 4.17. The first-order chi connectivity index (χ1) is 14.5. The van der Waals surface area contributed by atoms with Gasteiger partial charge in [-0.2, -0.15) is 5.10 Å². The van der Waals surface area contributed by atoms with E-state index in [0.29, 0.717) is 30.0 Å². The Hall–Kier alpha value is -3.68. The second-order valence-electron chi connectivity index (χ2n) is 6.88. The summed E-state index contributed by atoms with van der Waals surface area (Å²) in [4.78, 5) is 37.0. The number of nitrogens with one attached hydrogen (secondary N) is 1. The molecule has 0 radical (unpaired) electrons. The number of ether oxygens (including phenoxy) is 2. The number of methoxy groups -OCH3 is 1. The van der Waals surface area contributed by atoms with Gasteiger partial charge in [0.05, 0.1) is 13.3 Å². The van der Waals surface area contributed by atoms with Gasteiger partial charge in [0.25, 0.3) is 5.91 Å². The number of hydrogen-bond acceptors (Lipinski definition) is 6. The van der Waals surface area contributed by atoms with Crippen LogP contribution in [0.4, 0.5) is 0 Å². The molecule has 2 aromatic carbocycles. The average molecular weight is 409 g/mol. The number of carbonyl (C=O) groups excluding carboxylic acids is 3. The van der Waals surface area contributed by atoms with Crippen molar-refractivity contribution in [3.8, 4) is 11.5 Å². The molecule has 0 unspecified atom stereocenters. The SMILES string of the molecule is COc1cc(/C=N\NC(=O)CN2C[C@H](c3ccccc3)CC2=O)ccc1OC(C)=O. The Morgan fingerprint density at radius 1 is 1.20 bits per heavy atom. The number of amides is 2. The molecular formula is C22H23N3O5. The van der Waals surface area contributed by atoms with E-state index < -0.39 is 5.97 Å². The standard InChI is InChI=1S/C22H23N3O5/c1-15(26)30-19-9-8-16(10-20(19)29-2)12-23-24-21(27)14-25-13-18(11-22(25)28)17-6-4-3-5-7-17/h3-10,12,18H,11,13-14H2,1-2H3,(H,24,27)/b23-12-/t18-/m1/s1. The summed E-state index contributed by atoms with van der Waals surface area (Å²) in [7, 11) is 1.46. The van der Waals surface area contributed by atoms with Crippen LogP contribution in [0.2, 0.25) is 0 Å². The Kier molecular flexibility index (Phi) is 6.79. The average Bonchev–Trinajstić information content (AvgIpc) is 3.09. The van der Waals surface area contributed by atoms with Gasteiger partial charge in [0.15, 0.2) is 11.5 Å². The summed E-state index contributed by atoms with van der Waals surface area (Å²) in [6.07, 6.45) is 1.84. The monoisotopic (exact) mass is 409 g/mol. The molecule has 0 aromatic heterocycles. The van der Waals surface area contributed by atoms with Gasteiger partial charge in [-0.05, 0) is 29.3 Å². The van der Waals surface area contributed by atoms with E-state index in [-0.39, 0.29) is 24.3 Å². The van der Waals surface area contributed by atoms with Crippen LogP contribution in [0.15, 0.2) is 53.6 Å². The molecule has 8 nitrogen and oxygen atoms in total. The molecule has 0 aliphatic carbocycles. The summed E-state index contributed by atoms with van der Waals surface area (Å²) in [6, 6.07) is 14.7. The molecule has 1 atom stereocenters. The lowest BCUT2D eigenvalue weighted by Gasteiger charge is -2.15. The van der Waals surface area contributed by atoms with Gasteiger partial charge in [0, 0.05) is 25.8 Å². The topological polar surface area (TPSA) is 97.3 Å². The number of hydrazone groups is 1. The van der Waals surface area contributed by atoms with Crippen molar-refractivity contribution in [3.63, 3.8) is 0 Å². The Morgan fingerprint density at radius 2 is 1.97 bits per heavy atom. The fraction of sp³-hybridized carbons (Fsp3) is 0.273. The fourth-order valence-corrected chi connectivity index (χ4v) is 3.26. The van der Waals surface area contributed by atoms with Crippen molar-refractivity contribution >= 4 is 24.0 Å². The number of benzene rings is 2. The van der Waals surface area contributed by atoms with Crippen LogP contribution in [0, 0.1) is 0 Å². The number of carbonyl (C=O) groups is 3. The van der Waals surface area contributed by atoms with E-state index in [1.54, 1.807) is 23.1 Å². The molecule has 0 bridgehead atoms. The minimum atomic E-state index is -0.451. The Morgan fingerprint density at radius 3 is 2.67 bits per heavy atom. The Bertz CT molecular complexity index is 959. The first-order valence-corrected chi connectivity index (χ1v) is 9.47. The van der Waals surface area contributed by atoms with Crippen LogP contribution in [0.3, 0.4) is 0 Å². The van der Waals surface area contributed by atoms with Crippen LogP contribution >= 0.6 is 0 Å². The molecule has 1 N–H and O–H groups in total. The predicted molar refractivity (Wildman–Crippen MR) is 110 cm³/mol. The summed E-state index contributed by atoms with van der Waals surface area (Å²) in [5, 5.41) is 3.93. The Balaban J connectivity index is 1.54. The number of nitrogens with zero attached hydrogens (tertiary/aromatic N) is 2. The molecule has 30 heavy (non-hydrogen) atoms. The van der Waals surface area contributed by atoms with Crippen LogP contribution in [0.1, 0.15) is 30.4 Å². The molecule has 156 valence electrons. The summed E-state index contributed by atoms with van der Waals surface area (Å²) >= 11 is 0. The van der Waals surface area contributed by atoms with Crippen molar-refractivity contribution in [1.29, 1.82) is 0 Å². The van der Waals surface area contributed by atoms with Crippen molar-refractivity contribution in [2.45, 2.75) is 19.3 Å². The predicted octanol–water partition coefficient (Wildman–Crippen LogP) is 2.09. The number of rotatable bonds is 7. The zero-order valence-electron chi connectivity index (χ0n) is 16.8. The first-order valence-electron chi connectivity index (χ1n) is 9.47. The van der Waals surface area contributed by atoms with Gasteiger partial charge in [-0.1, -0.05) is 30.3 Å². The van der Waals surface area contributed by atoms with Gasteiger partial charge in [-0.25, -0.2) is 5.43 Å². The number of hydrogen-bond donors (Lipinski definition) is 1. The van der Waals surface area contributed by atoms with E-state index in [1.807, 2.05) is 30.3 Å². The molecule has 1 aliphatic rings. The fourth-order valence-electron chi connectivity index (χ4n) is 3.26. The van der Waals surface area contributed by atoms with Crippen LogP contribution in [-0.4, -0.2) is 49.1 Å². The van der Waals surface area contributed by atoms with Gasteiger partial charge < -0.3 is 14.4 Å². The number of likely N-dealkylation sites (tertiary alicyclic amines) is 1. The van der Waals surface area contributed by atoms with E-state index in [0.717, 1.165) is 5.56 Å². The zero-order chi connectivity index (χ0) is 21.5. The minimum Gasteiger partial charge on any atom is -0.493 e. The maximum Gasteiger partial charge on any atom is 0.308 e. The molecule has 3 rings (SSSR count). The van der Waals surface area contributed by atoms with Crippen molar-refractivity contribution in [2.24, 2.45) is 5.10 Å². The highest BCUT2D eigenvalue weighted by Crippen LogP contribution is 2.28. The van der Waals surface area contributed by atoms with E-state index in [9.17, 15) is 14.4 Å². The highest BCUT2D eigenvalue weighted by Gasteiger charge is 2.31. The van der Waals surface area contributed by atoms with E-state index in [4.69, 9.17) is 9.47 Å². The van der Waals surface area contributed by atoms with Crippen LogP contribution in [0.5, 0.6) is 11.5 Å². The Labute approximate surface area is 174 Å². The van der Waals surface area contributed by atoms with Crippen LogP contribution in [0.25, 0.3) is 0 Å². The van der Waals surface area contributed by atoms with E-state index in [2.05, 4.69) is 10.5 Å². The molecule has 0 spiro atoms. The third-order valence-corrected chi connectivity index (χ3v) is 4.66. The second-order valence-corrected chi connectivity index (χ2v) is 6.88. The number of esters is 1. The summed E-state index contributed by atoms with van der Waals surface area (Å²) in [5.74, 6) is -0.112. The molecule has 1 aliphatic heterocycles. The zero-order valence-corrected chi connectivity index (χ0v) is 16.8. The molecule has 1 fully saturated rings. The highest BCUT2D eigenvalue weighted by molar-refractivity contribution is 5.88. The van der Waals surface area contributed by atoms with Gasteiger partial charge in [-0.15, -0.1) is 0 Å². The largest absolute Gasteiger partial charge is 0.493 e. The van der Waals surface area contributed by atoms with Crippen LogP contribution in [-0.2, 0) is 14.4 Å². The molecule has 2 aromatic rings. The normalized spacial score (nSPS) is 16.0. The molecule has 1 saturated heterocycles. The van der Waals surface area contributed by atoms with Gasteiger partial charge in [-0.3, -0.25) is 14.4 Å². The van der Waals surface area contributed by atoms with E-state index >= 15 is 0 Å². The third-order valence-electron chi connectivity index (χ3n) is 4.66. The quantitative estimate of drug-likeness (QED) is 0.327. The molecule has 0 saturated carbocycles. The molecule has 1 heterocycles. The molecule has 8 heteroatoms. The lowest BCUT2D eigenvalue weighted by atomic mass is 9.99. The highest BCUT2D eigenvalue weighted by atomic mass is 16.6. The van der Waals surface area contributed by atoms with Crippen molar-refractivity contribution in [3.05, 3.63) is 59.7 Å². The van der Waals surface area contributed by atoms with E-state index in [1.165, 1.54) is 20.2 Å². The van der Waals surface area contributed by atoms with Crippen LogP contribution < -0.4 is 14.9 Å². The summed E-state index contributed by atoms with van der Waals surface area (Å²) in [6.45, 7) is 1.76.